The summed E-state index contributed by atoms with van der Waals surface area (Å²) < 4.78 is 0. The highest BCUT2D eigenvalue weighted by Gasteiger charge is 2.26. The third-order valence-corrected chi connectivity index (χ3v) is 4.53. The Morgan fingerprint density at radius 2 is 1.46 bits per heavy atom. The molecule has 0 saturated heterocycles. The minimum atomic E-state index is -0.718. The Balaban J connectivity index is 1.89. The van der Waals surface area contributed by atoms with Crippen molar-refractivity contribution in [2.75, 3.05) is 6.54 Å². The number of nitrogens with one attached hydrogen (secondary N) is 1. The van der Waals surface area contributed by atoms with Gasteiger partial charge < -0.3 is 5.32 Å². The number of aryl methyl sites for hydroxylation is 1. The Kier molecular flexibility index (Phi) is 8.69. The van der Waals surface area contributed by atoms with Crippen LogP contribution in [0.5, 0.6) is 0 Å². The molecule has 5 nitrogen and oxygen atoms in total. The molecular formula is C23H30N2O3. The van der Waals surface area contributed by atoms with Crippen LogP contribution in [0.1, 0.15) is 37.8 Å². The summed E-state index contributed by atoms with van der Waals surface area (Å²) >= 11 is 0. The lowest BCUT2D eigenvalue weighted by Gasteiger charge is -2.24. The predicted molar refractivity (Wildman–Crippen MR) is 110 cm³/mol. The van der Waals surface area contributed by atoms with Gasteiger partial charge in [-0.2, -0.15) is 0 Å². The van der Waals surface area contributed by atoms with Crippen LogP contribution in [0.3, 0.4) is 0 Å². The fourth-order valence-electron chi connectivity index (χ4n) is 3.03. The van der Waals surface area contributed by atoms with Crippen molar-refractivity contribution in [3.63, 3.8) is 0 Å². The molecule has 2 N–H and O–H groups in total. The van der Waals surface area contributed by atoms with Gasteiger partial charge >= 0.3 is 0 Å². The SMILES string of the molecule is CC(C)C[C@H](NC(=O)CCc1ccccc1)C(=O)N(O)CCc1ccccc1. The highest BCUT2D eigenvalue weighted by atomic mass is 16.5. The van der Waals surface area contributed by atoms with E-state index in [1.165, 1.54) is 0 Å². The van der Waals surface area contributed by atoms with Gasteiger partial charge in [0.1, 0.15) is 6.04 Å². The molecule has 0 unspecified atom stereocenters. The molecular weight excluding hydrogens is 352 g/mol. The minimum Gasteiger partial charge on any atom is -0.344 e. The van der Waals surface area contributed by atoms with Crippen molar-refractivity contribution in [2.24, 2.45) is 5.92 Å². The van der Waals surface area contributed by atoms with Crippen molar-refractivity contribution in [3.8, 4) is 0 Å². The zero-order valence-corrected chi connectivity index (χ0v) is 16.7. The van der Waals surface area contributed by atoms with Crippen LogP contribution in [0.4, 0.5) is 0 Å². The topological polar surface area (TPSA) is 69.6 Å². The maximum Gasteiger partial charge on any atom is 0.268 e. The van der Waals surface area contributed by atoms with E-state index in [0.29, 0.717) is 25.7 Å². The first kappa shape index (κ1) is 21.6. The van der Waals surface area contributed by atoms with Gasteiger partial charge in [-0.05, 0) is 36.3 Å². The average molecular weight is 383 g/mol. The summed E-state index contributed by atoms with van der Waals surface area (Å²) in [6.45, 7) is 4.17. The number of hydrogen-bond donors (Lipinski definition) is 2. The van der Waals surface area contributed by atoms with Crippen molar-refractivity contribution in [1.29, 1.82) is 0 Å². The van der Waals surface area contributed by atoms with Gasteiger partial charge in [-0.15, -0.1) is 0 Å². The molecule has 0 saturated carbocycles. The summed E-state index contributed by atoms with van der Waals surface area (Å²) in [4.78, 5) is 25.0. The van der Waals surface area contributed by atoms with E-state index in [-0.39, 0.29) is 18.4 Å². The fraction of sp³-hybridized carbons (Fsp3) is 0.391. The van der Waals surface area contributed by atoms with Crippen molar-refractivity contribution in [3.05, 3.63) is 71.8 Å². The number of benzene rings is 2. The quantitative estimate of drug-likeness (QED) is 0.487. The molecule has 0 fully saturated rings. The lowest BCUT2D eigenvalue weighted by molar-refractivity contribution is -0.168. The normalized spacial score (nSPS) is 11.9. The molecule has 0 aliphatic rings. The maximum absolute atomic E-state index is 12.7. The molecule has 0 spiro atoms. The van der Waals surface area contributed by atoms with Crippen LogP contribution in [0.15, 0.2) is 60.7 Å². The van der Waals surface area contributed by atoms with Crippen molar-refractivity contribution in [2.45, 2.75) is 45.6 Å². The van der Waals surface area contributed by atoms with E-state index in [4.69, 9.17) is 0 Å². The van der Waals surface area contributed by atoms with Crippen LogP contribution < -0.4 is 5.32 Å². The highest BCUT2D eigenvalue weighted by molar-refractivity contribution is 5.87. The van der Waals surface area contributed by atoms with E-state index in [1.807, 2.05) is 74.5 Å². The zero-order chi connectivity index (χ0) is 20.4. The third-order valence-electron chi connectivity index (χ3n) is 4.53. The molecule has 28 heavy (non-hydrogen) atoms. The third kappa shape index (κ3) is 7.53. The molecule has 2 aromatic carbocycles. The van der Waals surface area contributed by atoms with Gasteiger partial charge in [0.15, 0.2) is 0 Å². The highest BCUT2D eigenvalue weighted by Crippen LogP contribution is 2.10. The molecule has 2 aromatic rings. The maximum atomic E-state index is 12.7. The molecule has 0 heterocycles. The van der Waals surface area contributed by atoms with Crippen molar-refractivity contribution >= 4 is 11.8 Å². The Labute approximate surface area is 167 Å². The van der Waals surface area contributed by atoms with Crippen LogP contribution in [0.2, 0.25) is 0 Å². The molecule has 0 aliphatic carbocycles. The second-order valence-corrected chi connectivity index (χ2v) is 7.43. The molecule has 0 radical (unpaired) electrons. The fourth-order valence-corrected chi connectivity index (χ4v) is 3.03. The molecule has 2 amide bonds. The monoisotopic (exact) mass is 382 g/mol. The Morgan fingerprint density at radius 3 is 2.00 bits per heavy atom. The van der Waals surface area contributed by atoms with Gasteiger partial charge in [0, 0.05) is 6.42 Å². The summed E-state index contributed by atoms with van der Waals surface area (Å²) in [6.07, 6.45) is 1.96. The molecule has 1 atom stereocenters. The number of hydroxylamine groups is 2. The second kappa shape index (κ2) is 11.2. The summed E-state index contributed by atoms with van der Waals surface area (Å²) in [5.41, 5.74) is 2.12. The zero-order valence-electron chi connectivity index (χ0n) is 16.7. The Hall–Kier alpha value is -2.66. The molecule has 0 aliphatic heterocycles. The number of rotatable bonds is 10. The van der Waals surface area contributed by atoms with E-state index in [9.17, 15) is 14.8 Å². The lowest BCUT2D eigenvalue weighted by Crippen LogP contribution is -2.48. The summed E-state index contributed by atoms with van der Waals surface area (Å²) in [7, 11) is 0. The summed E-state index contributed by atoms with van der Waals surface area (Å²) in [5.74, 6) is -0.428. The van der Waals surface area contributed by atoms with Crippen molar-refractivity contribution < 1.29 is 14.8 Å². The molecule has 2 rings (SSSR count). The molecule has 5 heteroatoms. The van der Waals surface area contributed by atoms with E-state index in [0.717, 1.165) is 16.2 Å². The number of carbonyl (C=O) groups is 2. The second-order valence-electron chi connectivity index (χ2n) is 7.43. The van der Waals surface area contributed by atoms with Gasteiger partial charge in [0.2, 0.25) is 5.91 Å². The summed E-state index contributed by atoms with van der Waals surface area (Å²) in [5, 5.41) is 13.8. The first-order valence-corrected chi connectivity index (χ1v) is 9.83. The number of hydrogen-bond acceptors (Lipinski definition) is 3. The largest absolute Gasteiger partial charge is 0.344 e. The van der Waals surface area contributed by atoms with Gasteiger partial charge in [-0.3, -0.25) is 14.8 Å². The van der Waals surface area contributed by atoms with E-state index < -0.39 is 11.9 Å². The van der Waals surface area contributed by atoms with Crippen LogP contribution in [0.25, 0.3) is 0 Å². The van der Waals surface area contributed by atoms with E-state index in [1.54, 1.807) is 0 Å². The minimum absolute atomic E-state index is 0.181. The molecule has 0 bridgehead atoms. The van der Waals surface area contributed by atoms with Gasteiger partial charge in [0.25, 0.3) is 5.91 Å². The van der Waals surface area contributed by atoms with Gasteiger partial charge in [-0.1, -0.05) is 74.5 Å². The van der Waals surface area contributed by atoms with E-state index in [2.05, 4.69) is 5.32 Å². The van der Waals surface area contributed by atoms with Gasteiger partial charge in [0.05, 0.1) is 6.54 Å². The molecule has 0 aromatic heterocycles. The molecule has 150 valence electrons. The first-order valence-electron chi connectivity index (χ1n) is 9.83. The lowest BCUT2D eigenvalue weighted by atomic mass is 10.0. The first-order chi connectivity index (χ1) is 13.5. The average Bonchev–Trinajstić information content (AvgIpc) is 2.70. The van der Waals surface area contributed by atoms with Crippen LogP contribution in [-0.2, 0) is 22.4 Å². The predicted octanol–water partition coefficient (Wildman–Crippen LogP) is 3.61. The summed E-state index contributed by atoms with van der Waals surface area (Å²) in [6, 6.07) is 18.7. The number of carbonyl (C=O) groups excluding carboxylic acids is 2. The smallest absolute Gasteiger partial charge is 0.268 e. The van der Waals surface area contributed by atoms with Crippen LogP contribution in [0, 0.1) is 5.92 Å². The van der Waals surface area contributed by atoms with Crippen LogP contribution in [-0.4, -0.2) is 34.7 Å². The Morgan fingerprint density at radius 1 is 0.929 bits per heavy atom. The van der Waals surface area contributed by atoms with Crippen molar-refractivity contribution in [1.82, 2.24) is 10.4 Å². The number of amides is 2. The standard InChI is InChI=1S/C23H30N2O3/c1-18(2)17-21(24-22(26)14-13-19-9-5-3-6-10-19)23(27)25(28)16-15-20-11-7-4-8-12-20/h3-12,18,21,28H,13-17H2,1-2H3,(H,24,26)/t21-/m0/s1. The number of nitrogens with zero attached hydrogens (tertiary/aromatic N) is 1. The van der Waals surface area contributed by atoms with Gasteiger partial charge in [-0.25, -0.2) is 5.06 Å². The van der Waals surface area contributed by atoms with E-state index >= 15 is 0 Å². The Bertz CT molecular complexity index is 732. The van der Waals surface area contributed by atoms with Crippen LogP contribution >= 0.6 is 0 Å².